The molecular formula is C9H8N2O2. The minimum absolute atomic E-state index is 0.326. The summed E-state index contributed by atoms with van der Waals surface area (Å²) in [6.45, 7) is 0. The third kappa shape index (κ3) is 2.86. The summed E-state index contributed by atoms with van der Waals surface area (Å²) >= 11 is 0. The SMILES string of the molecule is NC(=O)C=Cc1cccc(C=O)n1. The lowest BCUT2D eigenvalue weighted by Gasteiger charge is -1.92. The Morgan fingerprint density at radius 3 is 2.69 bits per heavy atom. The number of aldehydes is 1. The number of hydrogen-bond donors (Lipinski definition) is 1. The number of pyridine rings is 1. The number of primary amides is 1. The van der Waals surface area contributed by atoms with Crippen LogP contribution in [0, 0.1) is 0 Å². The Bertz CT molecular complexity index is 358. The molecule has 0 fully saturated rings. The molecule has 4 heteroatoms. The van der Waals surface area contributed by atoms with Crippen LogP contribution in [-0.4, -0.2) is 17.2 Å². The van der Waals surface area contributed by atoms with Crippen molar-refractivity contribution in [2.75, 3.05) is 0 Å². The van der Waals surface area contributed by atoms with Gasteiger partial charge in [0.2, 0.25) is 5.91 Å². The highest BCUT2D eigenvalue weighted by Gasteiger charge is 1.92. The maximum Gasteiger partial charge on any atom is 0.241 e. The van der Waals surface area contributed by atoms with Crippen molar-refractivity contribution in [3.63, 3.8) is 0 Å². The molecule has 0 aliphatic rings. The Kier molecular flexibility index (Phi) is 2.92. The average Bonchev–Trinajstić information content (AvgIpc) is 2.15. The zero-order valence-electron chi connectivity index (χ0n) is 6.81. The third-order valence-electron chi connectivity index (χ3n) is 1.33. The molecule has 0 atom stereocenters. The monoisotopic (exact) mass is 176 g/mol. The molecule has 0 saturated carbocycles. The van der Waals surface area contributed by atoms with Gasteiger partial charge in [0.15, 0.2) is 6.29 Å². The van der Waals surface area contributed by atoms with E-state index < -0.39 is 5.91 Å². The van der Waals surface area contributed by atoms with Gasteiger partial charge in [0.05, 0.1) is 5.69 Å². The van der Waals surface area contributed by atoms with Crippen molar-refractivity contribution in [2.45, 2.75) is 0 Å². The van der Waals surface area contributed by atoms with Crippen molar-refractivity contribution in [1.82, 2.24) is 4.98 Å². The second kappa shape index (κ2) is 4.15. The van der Waals surface area contributed by atoms with Gasteiger partial charge in [-0.2, -0.15) is 0 Å². The number of nitrogens with two attached hydrogens (primary N) is 1. The van der Waals surface area contributed by atoms with E-state index in [1.54, 1.807) is 18.2 Å². The molecule has 0 aliphatic heterocycles. The van der Waals surface area contributed by atoms with Crippen LogP contribution >= 0.6 is 0 Å². The Hall–Kier alpha value is -1.97. The zero-order chi connectivity index (χ0) is 9.68. The number of nitrogens with zero attached hydrogens (tertiary/aromatic N) is 1. The maximum atomic E-state index is 10.4. The topological polar surface area (TPSA) is 73.1 Å². The number of aromatic nitrogens is 1. The summed E-state index contributed by atoms with van der Waals surface area (Å²) in [5.74, 6) is -0.543. The molecule has 0 bridgehead atoms. The van der Waals surface area contributed by atoms with Gasteiger partial charge in [-0.15, -0.1) is 0 Å². The minimum Gasteiger partial charge on any atom is -0.366 e. The van der Waals surface area contributed by atoms with Crippen LogP contribution in [0.2, 0.25) is 0 Å². The fraction of sp³-hybridized carbons (Fsp3) is 0. The van der Waals surface area contributed by atoms with Crippen molar-refractivity contribution < 1.29 is 9.59 Å². The number of rotatable bonds is 3. The first-order chi connectivity index (χ1) is 6.22. The van der Waals surface area contributed by atoms with Crippen LogP contribution in [-0.2, 0) is 4.79 Å². The molecule has 2 N–H and O–H groups in total. The molecule has 0 radical (unpaired) electrons. The molecule has 0 aromatic carbocycles. The molecule has 0 spiro atoms. The summed E-state index contributed by atoms with van der Waals surface area (Å²) in [5, 5.41) is 0. The molecule has 0 unspecified atom stereocenters. The standard InChI is InChI=1S/C9H8N2O2/c10-9(13)5-4-7-2-1-3-8(6-12)11-7/h1-6H,(H2,10,13). The summed E-state index contributed by atoms with van der Waals surface area (Å²) in [7, 11) is 0. The van der Waals surface area contributed by atoms with Gasteiger partial charge in [0.25, 0.3) is 0 Å². The highest BCUT2D eigenvalue weighted by molar-refractivity contribution is 5.90. The molecule has 1 heterocycles. The van der Waals surface area contributed by atoms with Crippen LogP contribution in [0.25, 0.3) is 6.08 Å². The lowest BCUT2D eigenvalue weighted by Crippen LogP contribution is -2.05. The van der Waals surface area contributed by atoms with Crippen LogP contribution < -0.4 is 5.73 Å². The zero-order valence-corrected chi connectivity index (χ0v) is 6.81. The van der Waals surface area contributed by atoms with Crippen molar-refractivity contribution in [1.29, 1.82) is 0 Å². The molecule has 1 amide bonds. The molecule has 66 valence electrons. The van der Waals surface area contributed by atoms with E-state index in [0.29, 0.717) is 17.7 Å². The van der Waals surface area contributed by atoms with Crippen molar-refractivity contribution in [3.8, 4) is 0 Å². The lowest BCUT2D eigenvalue weighted by molar-refractivity contribution is -0.113. The Balaban J connectivity index is 2.89. The van der Waals surface area contributed by atoms with Crippen molar-refractivity contribution in [3.05, 3.63) is 35.7 Å². The van der Waals surface area contributed by atoms with Crippen LogP contribution in [0.5, 0.6) is 0 Å². The summed E-state index contributed by atoms with van der Waals surface area (Å²) < 4.78 is 0. The van der Waals surface area contributed by atoms with Gasteiger partial charge in [-0.25, -0.2) is 4.98 Å². The van der Waals surface area contributed by atoms with E-state index in [1.807, 2.05) is 0 Å². The first-order valence-corrected chi connectivity index (χ1v) is 3.62. The molecule has 0 saturated heterocycles. The largest absolute Gasteiger partial charge is 0.366 e. The van der Waals surface area contributed by atoms with Crippen LogP contribution in [0.15, 0.2) is 24.3 Å². The van der Waals surface area contributed by atoms with Gasteiger partial charge in [-0.3, -0.25) is 9.59 Å². The first-order valence-electron chi connectivity index (χ1n) is 3.62. The predicted molar refractivity (Wildman–Crippen MR) is 47.9 cm³/mol. The number of carbonyl (C=O) groups is 2. The Morgan fingerprint density at radius 2 is 2.08 bits per heavy atom. The second-order valence-electron chi connectivity index (χ2n) is 2.34. The number of carbonyl (C=O) groups excluding carboxylic acids is 2. The highest BCUT2D eigenvalue weighted by atomic mass is 16.1. The van der Waals surface area contributed by atoms with E-state index in [2.05, 4.69) is 4.98 Å². The molecule has 1 rings (SSSR count). The van der Waals surface area contributed by atoms with Crippen LogP contribution in [0.4, 0.5) is 0 Å². The lowest BCUT2D eigenvalue weighted by atomic mass is 10.3. The highest BCUT2D eigenvalue weighted by Crippen LogP contribution is 1.99. The van der Waals surface area contributed by atoms with E-state index >= 15 is 0 Å². The van der Waals surface area contributed by atoms with E-state index in [1.165, 1.54) is 12.2 Å². The summed E-state index contributed by atoms with van der Waals surface area (Å²) in [4.78, 5) is 24.6. The van der Waals surface area contributed by atoms with Crippen molar-refractivity contribution >= 4 is 18.3 Å². The fourth-order valence-electron chi connectivity index (χ4n) is 0.795. The van der Waals surface area contributed by atoms with Gasteiger partial charge in [-0.05, 0) is 18.2 Å². The summed E-state index contributed by atoms with van der Waals surface area (Å²) in [6.07, 6.45) is 3.29. The van der Waals surface area contributed by atoms with Gasteiger partial charge in [0, 0.05) is 6.08 Å². The molecule has 1 aromatic heterocycles. The quantitative estimate of drug-likeness (QED) is 0.535. The number of hydrogen-bond acceptors (Lipinski definition) is 3. The first kappa shape index (κ1) is 9.12. The van der Waals surface area contributed by atoms with Gasteiger partial charge < -0.3 is 5.73 Å². The second-order valence-corrected chi connectivity index (χ2v) is 2.34. The van der Waals surface area contributed by atoms with Crippen LogP contribution in [0.1, 0.15) is 16.2 Å². The molecule has 1 aromatic rings. The summed E-state index contributed by atoms with van der Waals surface area (Å²) in [6, 6.07) is 4.93. The average molecular weight is 176 g/mol. The normalized spacial score (nSPS) is 10.2. The van der Waals surface area contributed by atoms with Crippen LogP contribution in [0.3, 0.4) is 0 Å². The van der Waals surface area contributed by atoms with E-state index in [9.17, 15) is 9.59 Å². The Labute approximate surface area is 75.1 Å². The molecular weight excluding hydrogens is 168 g/mol. The predicted octanol–water partition coefficient (Wildman–Crippen LogP) is 0.393. The molecule has 4 nitrogen and oxygen atoms in total. The summed E-state index contributed by atoms with van der Waals surface area (Å²) in [5.41, 5.74) is 5.74. The third-order valence-corrected chi connectivity index (χ3v) is 1.33. The van der Waals surface area contributed by atoms with E-state index in [0.717, 1.165) is 0 Å². The van der Waals surface area contributed by atoms with Gasteiger partial charge >= 0.3 is 0 Å². The molecule has 13 heavy (non-hydrogen) atoms. The van der Waals surface area contributed by atoms with E-state index in [4.69, 9.17) is 5.73 Å². The van der Waals surface area contributed by atoms with Crippen molar-refractivity contribution in [2.24, 2.45) is 5.73 Å². The minimum atomic E-state index is -0.543. The molecule has 0 aliphatic carbocycles. The number of amides is 1. The van der Waals surface area contributed by atoms with Gasteiger partial charge in [0.1, 0.15) is 5.69 Å². The Morgan fingerprint density at radius 1 is 1.38 bits per heavy atom. The maximum absolute atomic E-state index is 10.4. The van der Waals surface area contributed by atoms with E-state index in [-0.39, 0.29) is 0 Å². The smallest absolute Gasteiger partial charge is 0.241 e. The fourth-order valence-corrected chi connectivity index (χ4v) is 0.795. The van der Waals surface area contributed by atoms with Gasteiger partial charge in [-0.1, -0.05) is 6.07 Å².